The number of carbonyl (C=O) groups excluding carboxylic acids is 2. The molecule has 1 saturated heterocycles. The first kappa shape index (κ1) is 24.3. The fraction of sp³-hybridized carbons (Fsp3) is 0.417. The Bertz CT molecular complexity index is 934. The Balaban J connectivity index is 1.46. The molecular weight excluding hydrogens is 429 g/mol. The van der Waals surface area contributed by atoms with E-state index in [4.69, 9.17) is 14.2 Å². The first-order valence-corrected chi connectivity index (χ1v) is 10.8. The Morgan fingerprint density at radius 1 is 1.00 bits per heavy atom. The van der Waals surface area contributed by atoms with Gasteiger partial charge in [0.05, 0.1) is 27.9 Å². The van der Waals surface area contributed by atoms with Crippen LogP contribution in [0.25, 0.3) is 0 Å². The normalized spacial score (nSPS) is 14.4. The molecular formula is C24H30FN3O5. The van der Waals surface area contributed by atoms with Gasteiger partial charge in [-0.3, -0.25) is 14.5 Å². The molecule has 1 fully saturated rings. The maximum absolute atomic E-state index is 13.0. The van der Waals surface area contributed by atoms with Gasteiger partial charge in [-0.2, -0.15) is 0 Å². The molecule has 0 bridgehead atoms. The van der Waals surface area contributed by atoms with E-state index in [9.17, 15) is 14.0 Å². The van der Waals surface area contributed by atoms with E-state index in [1.165, 1.54) is 33.5 Å². The van der Waals surface area contributed by atoms with Crippen molar-refractivity contribution >= 4 is 17.5 Å². The molecule has 0 radical (unpaired) electrons. The number of ether oxygens (including phenoxy) is 3. The summed E-state index contributed by atoms with van der Waals surface area (Å²) in [5.74, 6) is 0.799. The van der Waals surface area contributed by atoms with Crippen LogP contribution in [0.5, 0.6) is 17.2 Å². The van der Waals surface area contributed by atoms with Crippen molar-refractivity contribution in [3.05, 3.63) is 47.8 Å². The second-order valence-corrected chi connectivity index (χ2v) is 7.86. The molecule has 0 aliphatic carbocycles. The molecule has 1 aliphatic heterocycles. The number of halogens is 1. The van der Waals surface area contributed by atoms with Crippen molar-refractivity contribution in [1.82, 2.24) is 10.2 Å². The predicted molar refractivity (Wildman–Crippen MR) is 122 cm³/mol. The SMILES string of the molecule is COc1cc(NC(=O)CN2CCC(C(=O)NCc3ccc(F)cc3)CC2)cc(OC)c1OC. The van der Waals surface area contributed by atoms with Crippen molar-refractivity contribution in [3.8, 4) is 17.2 Å². The fourth-order valence-electron chi connectivity index (χ4n) is 3.85. The summed E-state index contributed by atoms with van der Waals surface area (Å²) in [6, 6.07) is 9.43. The van der Waals surface area contributed by atoms with Gasteiger partial charge in [0.2, 0.25) is 17.6 Å². The molecule has 2 N–H and O–H groups in total. The van der Waals surface area contributed by atoms with Gasteiger partial charge in [0.25, 0.3) is 0 Å². The van der Waals surface area contributed by atoms with Crippen LogP contribution in [0, 0.1) is 11.7 Å². The van der Waals surface area contributed by atoms with Crippen molar-refractivity contribution in [1.29, 1.82) is 0 Å². The molecule has 2 aromatic carbocycles. The third-order valence-electron chi connectivity index (χ3n) is 5.65. The zero-order valence-electron chi connectivity index (χ0n) is 19.2. The molecule has 9 heteroatoms. The topological polar surface area (TPSA) is 89.1 Å². The van der Waals surface area contributed by atoms with Gasteiger partial charge in [0.15, 0.2) is 11.5 Å². The average Bonchev–Trinajstić information content (AvgIpc) is 2.83. The van der Waals surface area contributed by atoms with Crippen molar-refractivity contribution in [2.45, 2.75) is 19.4 Å². The molecule has 33 heavy (non-hydrogen) atoms. The number of benzene rings is 2. The Morgan fingerprint density at radius 2 is 1.61 bits per heavy atom. The Labute approximate surface area is 193 Å². The van der Waals surface area contributed by atoms with Crippen LogP contribution in [0.15, 0.2) is 36.4 Å². The molecule has 1 heterocycles. The van der Waals surface area contributed by atoms with Crippen LogP contribution in [0.2, 0.25) is 0 Å². The summed E-state index contributed by atoms with van der Waals surface area (Å²) in [6.07, 6.45) is 1.35. The van der Waals surface area contributed by atoms with E-state index in [1.54, 1.807) is 24.3 Å². The zero-order valence-corrected chi connectivity index (χ0v) is 19.2. The van der Waals surface area contributed by atoms with Gasteiger partial charge in [-0.1, -0.05) is 12.1 Å². The molecule has 1 aliphatic rings. The molecule has 8 nitrogen and oxygen atoms in total. The summed E-state index contributed by atoms with van der Waals surface area (Å²) in [5, 5.41) is 5.78. The molecule has 2 amide bonds. The number of hydrogen-bond donors (Lipinski definition) is 2. The highest BCUT2D eigenvalue weighted by atomic mass is 19.1. The molecule has 178 valence electrons. The number of nitrogens with one attached hydrogen (secondary N) is 2. The van der Waals surface area contributed by atoms with Crippen LogP contribution < -0.4 is 24.8 Å². The van der Waals surface area contributed by atoms with Gasteiger partial charge in [-0.25, -0.2) is 4.39 Å². The van der Waals surface area contributed by atoms with Crippen molar-refractivity contribution in [2.75, 3.05) is 46.3 Å². The van der Waals surface area contributed by atoms with Gasteiger partial charge in [0, 0.05) is 30.3 Å². The number of carbonyl (C=O) groups is 2. The summed E-state index contributed by atoms with van der Waals surface area (Å²) >= 11 is 0. The van der Waals surface area contributed by atoms with Crippen LogP contribution in [0.1, 0.15) is 18.4 Å². The Morgan fingerprint density at radius 3 is 2.15 bits per heavy atom. The highest BCUT2D eigenvalue weighted by Crippen LogP contribution is 2.39. The first-order chi connectivity index (χ1) is 15.9. The van der Waals surface area contributed by atoms with E-state index in [-0.39, 0.29) is 30.1 Å². The number of hydrogen-bond acceptors (Lipinski definition) is 6. The minimum absolute atomic E-state index is 0.0131. The highest BCUT2D eigenvalue weighted by molar-refractivity contribution is 5.93. The Kier molecular flexibility index (Phi) is 8.48. The van der Waals surface area contributed by atoms with Crippen LogP contribution in [0.4, 0.5) is 10.1 Å². The largest absolute Gasteiger partial charge is 0.493 e. The summed E-state index contributed by atoms with van der Waals surface area (Å²) in [7, 11) is 4.55. The minimum Gasteiger partial charge on any atom is -0.493 e. The average molecular weight is 460 g/mol. The number of anilines is 1. The lowest BCUT2D eigenvalue weighted by Crippen LogP contribution is -2.43. The lowest BCUT2D eigenvalue weighted by molar-refractivity contribution is -0.126. The molecule has 2 aromatic rings. The lowest BCUT2D eigenvalue weighted by Gasteiger charge is -2.30. The maximum Gasteiger partial charge on any atom is 0.238 e. The fourth-order valence-corrected chi connectivity index (χ4v) is 3.85. The molecule has 0 saturated carbocycles. The number of likely N-dealkylation sites (tertiary alicyclic amines) is 1. The van der Waals surface area contributed by atoms with E-state index in [0.717, 1.165) is 5.56 Å². The van der Waals surface area contributed by atoms with Gasteiger partial charge in [-0.05, 0) is 43.6 Å². The second kappa shape index (κ2) is 11.5. The van der Waals surface area contributed by atoms with Gasteiger partial charge in [0.1, 0.15) is 5.82 Å². The quantitative estimate of drug-likeness (QED) is 0.600. The number of piperidine rings is 1. The number of amides is 2. The van der Waals surface area contributed by atoms with Crippen molar-refractivity contribution in [3.63, 3.8) is 0 Å². The summed E-state index contributed by atoms with van der Waals surface area (Å²) in [5.41, 5.74) is 1.40. The van der Waals surface area contributed by atoms with Crippen molar-refractivity contribution in [2.24, 2.45) is 5.92 Å². The van der Waals surface area contributed by atoms with Crippen molar-refractivity contribution < 1.29 is 28.2 Å². The lowest BCUT2D eigenvalue weighted by atomic mass is 9.96. The summed E-state index contributed by atoms with van der Waals surface area (Å²) in [4.78, 5) is 27.1. The molecule has 0 atom stereocenters. The number of methoxy groups -OCH3 is 3. The van der Waals surface area contributed by atoms with Crippen LogP contribution in [-0.2, 0) is 16.1 Å². The summed E-state index contributed by atoms with van der Waals surface area (Å²) < 4.78 is 28.9. The second-order valence-electron chi connectivity index (χ2n) is 7.86. The van der Waals surface area contributed by atoms with E-state index in [1.807, 2.05) is 4.90 Å². The zero-order chi connectivity index (χ0) is 23.8. The highest BCUT2D eigenvalue weighted by Gasteiger charge is 2.26. The van der Waals surface area contributed by atoms with Crippen LogP contribution in [-0.4, -0.2) is 57.7 Å². The van der Waals surface area contributed by atoms with E-state index < -0.39 is 0 Å². The van der Waals surface area contributed by atoms with E-state index in [0.29, 0.717) is 55.4 Å². The third-order valence-corrected chi connectivity index (χ3v) is 5.65. The minimum atomic E-state index is -0.299. The predicted octanol–water partition coefficient (Wildman–Crippen LogP) is 2.82. The van der Waals surface area contributed by atoms with Crippen LogP contribution in [0.3, 0.4) is 0 Å². The molecule has 0 unspecified atom stereocenters. The Hall–Kier alpha value is -3.33. The van der Waals surface area contributed by atoms with E-state index in [2.05, 4.69) is 10.6 Å². The number of rotatable bonds is 9. The van der Waals surface area contributed by atoms with E-state index >= 15 is 0 Å². The molecule has 3 rings (SSSR count). The first-order valence-electron chi connectivity index (χ1n) is 10.8. The molecule has 0 spiro atoms. The monoisotopic (exact) mass is 459 g/mol. The van der Waals surface area contributed by atoms with Gasteiger partial charge in [-0.15, -0.1) is 0 Å². The standard InChI is InChI=1S/C24H30FN3O5/c1-31-20-12-19(13-21(32-2)23(20)33-3)27-22(29)15-28-10-8-17(9-11-28)24(30)26-14-16-4-6-18(25)7-5-16/h4-7,12-13,17H,8-11,14-15H2,1-3H3,(H,26,30)(H,27,29). The molecule has 0 aromatic heterocycles. The summed E-state index contributed by atoms with van der Waals surface area (Å²) in [6.45, 7) is 1.89. The third kappa shape index (κ3) is 6.58. The smallest absolute Gasteiger partial charge is 0.238 e. The number of nitrogens with zero attached hydrogens (tertiary/aromatic N) is 1. The van der Waals surface area contributed by atoms with Gasteiger partial charge < -0.3 is 24.8 Å². The maximum atomic E-state index is 13.0. The van der Waals surface area contributed by atoms with Gasteiger partial charge >= 0.3 is 0 Å². The van der Waals surface area contributed by atoms with Crippen LogP contribution >= 0.6 is 0 Å².